The quantitative estimate of drug-likeness (QED) is 0.483. The molecule has 0 aliphatic heterocycles. The van der Waals surface area contributed by atoms with E-state index in [4.69, 9.17) is 14.2 Å². The highest BCUT2D eigenvalue weighted by molar-refractivity contribution is 5.93. The van der Waals surface area contributed by atoms with Gasteiger partial charge in [-0.15, -0.1) is 0 Å². The van der Waals surface area contributed by atoms with E-state index in [1.165, 1.54) is 13.2 Å². The minimum atomic E-state index is -0.507. The molecule has 5 nitrogen and oxygen atoms in total. The van der Waals surface area contributed by atoms with Gasteiger partial charge in [-0.05, 0) is 19.9 Å². The molecule has 0 saturated heterocycles. The first-order valence-corrected chi connectivity index (χ1v) is 5.16. The fourth-order valence-corrected chi connectivity index (χ4v) is 1.00. The lowest BCUT2D eigenvalue weighted by Gasteiger charge is -2.06. The van der Waals surface area contributed by atoms with Crippen molar-refractivity contribution in [2.45, 2.75) is 20.3 Å². The maximum atomic E-state index is 11.4. The molecule has 0 aliphatic rings. The second-order valence-electron chi connectivity index (χ2n) is 2.89. The third-order valence-corrected chi connectivity index (χ3v) is 1.67. The first-order valence-electron chi connectivity index (χ1n) is 5.16. The summed E-state index contributed by atoms with van der Waals surface area (Å²) < 4.78 is 14.4. The Morgan fingerprint density at radius 3 is 2.25 bits per heavy atom. The fourth-order valence-electron chi connectivity index (χ4n) is 1.00. The maximum Gasteiger partial charge on any atom is 0.334 e. The average Bonchev–Trinajstić information content (AvgIpc) is 2.24. The van der Waals surface area contributed by atoms with Gasteiger partial charge in [-0.1, -0.05) is 0 Å². The molecule has 16 heavy (non-hydrogen) atoms. The Hall–Kier alpha value is -1.36. The van der Waals surface area contributed by atoms with Crippen molar-refractivity contribution in [1.29, 1.82) is 0 Å². The molecule has 92 valence electrons. The Balaban J connectivity index is 4.42. The van der Waals surface area contributed by atoms with Gasteiger partial charge in [0.2, 0.25) is 0 Å². The van der Waals surface area contributed by atoms with Gasteiger partial charge in [0.25, 0.3) is 0 Å². The van der Waals surface area contributed by atoms with E-state index >= 15 is 0 Å². The zero-order chi connectivity index (χ0) is 12.4. The molecule has 0 spiro atoms. The van der Waals surface area contributed by atoms with E-state index in [0.717, 1.165) is 0 Å². The molecule has 0 N–H and O–H groups in total. The highest BCUT2D eigenvalue weighted by Crippen LogP contribution is 2.06. The summed E-state index contributed by atoms with van der Waals surface area (Å²) in [5.41, 5.74) is 0.266. The SMILES string of the molecule is CCOC(=O)CC(=CCOC)C(=O)OCC. The molecule has 0 radical (unpaired) electrons. The largest absolute Gasteiger partial charge is 0.466 e. The van der Waals surface area contributed by atoms with Gasteiger partial charge in [0.1, 0.15) is 0 Å². The van der Waals surface area contributed by atoms with Crippen molar-refractivity contribution in [3.63, 3.8) is 0 Å². The third kappa shape index (κ3) is 6.19. The van der Waals surface area contributed by atoms with E-state index in [1.54, 1.807) is 13.8 Å². The molecular weight excluding hydrogens is 212 g/mol. The molecule has 0 aromatic rings. The Morgan fingerprint density at radius 1 is 1.12 bits per heavy atom. The highest BCUT2D eigenvalue weighted by Gasteiger charge is 2.15. The van der Waals surface area contributed by atoms with E-state index in [1.807, 2.05) is 0 Å². The van der Waals surface area contributed by atoms with Crippen LogP contribution in [0.25, 0.3) is 0 Å². The molecule has 0 heterocycles. The van der Waals surface area contributed by atoms with Crippen LogP contribution in [0.4, 0.5) is 0 Å². The van der Waals surface area contributed by atoms with E-state index in [2.05, 4.69) is 0 Å². The first kappa shape index (κ1) is 14.6. The predicted molar refractivity (Wildman–Crippen MR) is 57.8 cm³/mol. The minimum Gasteiger partial charge on any atom is -0.466 e. The van der Waals surface area contributed by atoms with Crippen molar-refractivity contribution < 1.29 is 23.8 Å². The van der Waals surface area contributed by atoms with E-state index in [9.17, 15) is 9.59 Å². The Bertz CT molecular complexity index is 257. The van der Waals surface area contributed by atoms with Gasteiger partial charge >= 0.3 is 11.9 Å². The summed E-state index contributed by atoms with van der Waals surface area (Å²) in [6.07, 6.45) is 1.44. The van der Waals surface area contributed by atoms with Crippen molar-refractivity contribution in [3.8, 4) is 0 Å². The number of carbonyl (C=O) groups excluding carboxylic acids is 2. The second-order valence-corrected chi connectivity index (χ2v) is 2.89. The van der Waals surface area contributed by atoms with E-state index in [0.29, 0.717) is 6.61 Å². The summed E-state index contributed by atoms with van der Waals surface area (Å²) in [4.78, 5) is 22.6. The monoisotopic (exact) mass is 230 g/mol. The third-order valence-electron chi connectivity index (χ3n) is 1.67. The van der Waals surface area contributed by atoms with Gasteiger partial charge in [0.05, 0.1) is 26.2 Å². The molecule has 0 rings (SSSR count). The van der Waals surface area contributed by atoms with Crippen LogP contribution >= 0.6 is 0 Å². The second kappa shape index (κ2) is 8.91. The lowest BCUT2D eigenvalue weighted by molar-refractivity contribution is -0.145. The minimum absolute atomic E-state index is 0.0873. The van der Waals surface area contributed by atoms with E-state index in [-0.39, 0.29) is 25.2 Å². The Kier molecular flexibility index (Phi) is 8.15. The van der Waals surface area contributed by atoms with Gasteiger partial charge < -0.3 is 14.2 Å². The number of methoxy groups -OCH3 is 1. The molecule has 0 unspecified atom stereocenters. The molecule has 0 aromatic heterocycles. The molecule has 5 heteroatoms. The first-order chi connectivity index (χ1) is 7.65. The van der Waals surface area contributed by atoms with Crippen molar-refractivity contribution in [1.82, 2.24) is 0 Å². The van der Waals surface area contributed by atoms with Crippen LogP contribution in [0.2, 0.25) is 0 Å². The van der Waals surface area contributed by atoms with Crippen molar-refractivity contribution >= 4 is 11.9 Å². The number of rotatable bonds is 7. The summed E-state index contributed by atoms with van der Waals surface area (Å²) in [6.45, 7) is 4.23. The molecule has 0 atom stereocenters. The lowest BCUT2D eigenvalue weighted by Crippen LogP contribution is -2.14. The number of hydrogen-bond donors (Lipinski definition) is 0. The molecule has 0 bridgehead atoms. The van der Waals surface area contributed by atoms with Gasteiger partial charge in [-0.2, -0.15) is 0 Å². The molecular formula is C11H18O5. The smallest absolute Gasteiger partial charge is 0.334 e. The van der Waals surface area contributed by atoms with Crippen molar-refractivity contribution in [2.75, 3.05) is 26.9 Å². The van der Waals surface area contributed by atoms with Gasteiger partial charge in [-0.25, -0.2) is 4.79 Å². The summed E-state index contributed by atoms with van der Waals surface area (Å²) in [5, 5.41) is 0. The van der Waals surface area contributed by atoms with Crippen LogP contribution < -0.4 is 0 Å². The average molecular weight is 230 g/mol. The maximum absolute atomic E-state index is 11.4. The van der Waals surface area contributed by atoms with Crippen molar-refractivity contribution in [2.24, 2.45) is 0 Å². The van der Waals surface area contributed by atoms with Crippen LogP contribution in [-0.4, -0.2) is 38.9 Å². The van der Waals surface area contributed by atoms with Crippen LogP contribution in [0.5, 0.6) is 0 Å². The zero-order valence-corrected chi connectivity index (χ0v) is 9.95. The summed E-state index contributed by atoms with van der Waals surface area (Å²) in [6, 6.07) is 0. The molecule has 0 aliphatic carbocycles. The van der Waals surface area contributed by atoms with Gasteiger partial charge in [0.15, 0.2) is 0 Å². The van der Waals surface area contributed by atoms with Crippen LogP contribution in [0, 0.1) is 0 Å². The lowest BCUT2D eigenvalue weighted by atomic mass is 10.2. The number of carbonyl (C=O) groups is 2. The molecule has 0 amide bonds. The van der Waals surface area contributed by atoms with Gasteiger partial charge in [0, 0.05) is 12.7 Å². The van der Waals surface area contributed by atoms with Crippen molar-refractivity contribution in [3.05, 3.63) is 11.6 Å². The van der Waals surface area contributed by atoms with Crippen LogP contribution in [-0.2, 0) is 23.8 Å². The summed E-state index contributed by atoms with van der Waals surface area (Å²) in [7, 11) is 1.50. The van der Waals surface area contributed by atoms with Crippen LogP contribution in [0.15, 0.2) is 11.6 Å². The molecule has 0 fully saturated rings. The van der Waals surface area contributed by atoms with Crippen LogP contribution in [0.1, 0.15) is 20.3 Å². The number of hydrogen-bond acceptors (Lipinski definition) is 5. The molecule has 0 aromatic carbocycles. The number of ether oxygens (including phenoxy) is 3. The normalized spacial score (nSPS) is 11.1. The predicted octanol–water partition coefficient (Wildman–Crippen LogP) is 1.08. The Morgan fingerprint density at radius 2 is 1.75 bits per heavy atom. The number of esters is 2. The topological polar surface area (TPSA) is 61.8 Å². The van der Waals surface area contributed by atoms with Gasteiger partial charge in [-0.3, -0.25) is 4.79 Å². The zero-order valence-electron chi connectivity index (χ0n) is 9.95. The Labute approximate surface area is 95.4 Å². The van der Waals surface area contributed by atoms with Crippen LogP contribution in [0.3, 0.4) is 0 Å². The highest BCUT2D eigenvalue weighted by atomic mass is 16.5. The molecule has 0 saturated carbocycles. The fraction of sp³-hybridized carbons (Fsp3) is 0.636. The standard InChI is InChI=1S/C11H18O5/c1-4-15-10(12)8-9(6-7-14-3)11(13)16-5-2/h6H,4-5,7-8H2,1-3H3. The van der Waals surface area contributed by atoms with E-state index < -0.39 is 11.9 Å². The summed E-state index contributed by atoms with van der Waals surface area (Å²) in [5.74, 6) is -0.953. The summed E-state index contributed by atoms with van der Waals surface area (Å²) >= 11 is 0.